The normalized spacial score (nSPS) is 14.7. The first kappa shape index (κ1) is 22.9. The fraction of sp³-hybridized carbons (Fsp3) is 0.133. The molecule has 1 fully saturated rings. The highest BCUT2D eigenvalue weighted by Crippen LogP contribution is 2.34. The van der Waals surface area contributed by atoms with Crippen LogP contribution in [0, 0.1) is 0 Å². The van der Waals surface area contributed by atoms with Gasteiger partial charge in [0.1, 0.15) is 12.4 Å². The lowest BCUT2D eigenvalue weighted by Crippen LogP contribution is -2.29. The SMILES string of the molecule is O=C1S/C(=C/c2ccccc2OCc2cccc3ccccc23)C(=O)N1CCCc1ccccc1. The maximum absolute atomic E-state index is 13.0. The predicted octanol–water partition coefficient (Wildman–Crippen LogP) is 7.09. The lowest BCUT2D eigenvalue weighted by Gasteiger charge is -2.12. The molecular formula is C30H25NO3S. The van der Waals surface area contributed by atoms with Crippen LogP contribution in [0.4, 0.5) is 4.79 Å². The number of fused-ring (bicyclic) bond motifs is 1. The number of aryl methyl sites for hydroxylation is 1. The Bertz CT molecular complexity index is 1390. The Hall–Kier alpha value is -3.83. The van der Waals surface area contributed by atoms with Crippen LogP contribution in [0.15, 0.2) is 102 Å². The molecule has 0 N–H and O–H groups in total. The second kappa shape index (κ2) is 10.6. The van der Waals surface area contributed by atoms with Crippen LogP contribution in [0.5, 0.6) is 5.75 Å². The van der Waals surface area contributed by atoms with E-state index in [0.717, 1.165) is 41.1 Å². The van der Waals surface area contributed by atoms with E-state index >= 15 is 0 Å². The minimum Gasteiger partial charge on any atom is -0.488 e. The van der Waals surface area contributed by atoms with Crippen molar-refractivity contribution in [2.75, 3.05) is 6.54 Å². The predicted molar refractivity (Wildman–Crippen MR) is 142 cm³/mol. The summed E-state index contributed by atoms with van der Waals surface area (Å²) in [5, 5.41) is 2.11. The molecule has 1 aliphatic heterocycles. The summed E-state index contributed by atoms with van der Waals surface area (Å²) in [4.78, 5) is 27.3. The van der Waals surface area contributed by atoms with Crippen LogP contribution >= 0.6 is 11.8 Å². The van der Waals surface area contributed by atoms with Crippen molar-refractivity contribution in [3.05, 3.63) is 119 Å². The molecule has 4 aromatic rings. The van der Waals surface area contributed by atoms with E-state index in [4.69, 9.17) is 4.74 Å². The molecule has 5 rings (SSSR count). The summed E-state index contributed by atoms with van der Waals surface area (Å²) >= 11 is 0.991. The van der Waals surface area contributed by atoms with Gasteiger partial charge in [0.2, 0.25) is 0 Å². The van der Waals surface area contributed by atoms with Crippen molar-refractivity contribution in [2.24, 2.45) is 0 Å². The molecule has 4 nitrogen and oxygen atoms in total. The molecule has 0 unspecified atom stereocenters. The van der Waals surface area contributed by atoms with E-state index in [1.807, 2.05) is 60.7 Å². The Kier molecular flexibility index (Phi) is 6.96. The quantitative estimate of drug-likeness (QED) is 0.253. The lowest BCUT2D eigenvalue weighted by atomic mass is 10.1. The van der Waals surface area contributed by atoms with Crippen LogP contribution in [-0.4, -0.2) is 22.6 Å². The third-order valence-electron chi connectivity index (χ3n) is 6.03. The Labute approximate surface area is 209 Å². The largest absolute Gasteiger partial charge is 0.488 e. The molecule has 0 bridgehead atoms. The van der Waals surface area contributed by atoms with Crippen LogP contribution in [0.1, 0.15) is 23.1 Å². The summed E-state index contributed by atoms with van der Waals surface area (Å²) in [5.74, 6) is 0.438. The molecule has 0 aromatic heterocycles. The molecule has 4 aromatic carbocycles. The highest BCUT2D eigenvalue weighted by molar-refractivity contribution is 8.18. The number of hydrogen-bond acceptors (Lipinski definition) is 4. The first-order chi connectivity index (χ1) is 17.2. The Morgan fingerprint density at radius 3 is 2.43 bits per heavy atom. The zero-order valence-electron chi connectivity index (χ0n) is 19.2. The molecule has 0 aliphatic carbocycles. The number of para-hydroxylation sites is 1. The van der Waals surface area contributed by atoms with Gasteiger partial charge in [0.15, 0.2) is 0 Å². The molecule has 35 heavy (non-hydrogen) atoms. The van der Waals surface area contributed by atoms with E-state index in [0.29, 0.717) is 23.8 Å². The van der Waals surface area contributed by atoms with Crippen molar-refractivity contribution >= 4 is 39.8 Å². The Morgan fingerprint density at radius 1 is 0.800 bits per heavy atom. The molecule has 0 radical (unpaired) electrons. The van der Waals surface area contributed by atoms with Gasteiger partial charge in [-0.25, -0.2) is 0 Å². The molecule has 1 saturated heterocycles. The van der Waals surface area contributed by atoms with E-state index in [2.05, 4.69) is 36.4 Å². The monoisotopic (exact) mass is 479 g/mol. The van der Waals surface area contributed by atoms with Crippen LogP contribution in [0.2, 0.25) is 0 Å². The summed E-state index contributed by atoms with van der Waals surface area (Å²) in [6.07, 6.45) is 3.33. The maximum atomic E-state index is 13.0. The van der Waals surface area contributed by atoms with Crippen molar-refractivity contribution in [2.45, 2.75) is 19.4 Å². The van der Waals surface area contributed by atoms with Crippen molar-refractivity contribution < 1.29 is 14.3 Å². The van der Waals surface area contributed by atoms with Gasteiger partial charge in [-0.3, -0.25) is 14.5 Å². The number of rotatable bonds is 8. The number of nitrogens with zero attached hydrogens (tertiary/aromatic N) is 1. The average Bonchev–Trinajstić information content (AvgIpc) is 3.16. The molecule has 0 spiro atoms. The number of amides is 2. The number of benzene rings is 4. The molecule has 1 aliphatic rings. The van der Waals surface area contributed by atoms with Crippen LogP contribution in [0.25, 0.3) is 16.8 Å². The molecule has 1 heterocycles. The maximum Gasteiger partial charge on any atom is 0.293 e. The Morgan fingerprint density at radius 2 is 1.54 bits per heavy atom. The minimum absolute atomic E-state index is 0.219. The fourth-order valence-corrected chi connectivity index (χ4v) is 5.08. The third-order valence-corrected chi connectivity index (χ3v) is 6.94. The molecular weight excluding hydrogens is 454 g/mol. The number of imide groups is 1. The summed E-state index contributed by atoms with van der Waals surface area (Å²) in [7, 11) is 0. The van der Waals surface area contributed by atoms with Crippen molar-refractivity contribution in [1.29, 1.82) is 0 Å². The molecule has 5 heteroatoms. The smallest absolute Gasteiger partial charge is 0.293 e. The van der Waals surface area contributed by atoms with Gasteiger partial charge in [-0.1, -0.05) is 91.0 Å². The zero-order chi connectivity index (χ0) is 24.0. The Balaban J connectivity index is 1.28. The number of hydrogen-bond donors (Lipinski definition) is 0. The summed E-state index contributed by atoms with van der Waals surface area (Å²) < 4.78 is 6.18. The number of ether oxygens (including phenoxy) is 1. The van der Waals surface area contributed by atoms with Gasteiger partial charge in [-0.05, 0) is 58.6 Å². The lowest BCUT2D eigenvalue weighted by molar-refractivity contribution is -0.122. The van der Waals surface area contributed by atoms with Gasteiger partial charge < -0.3 is 4.74 Å². The van der Waals surface area contributed by atoms with Crippen molar-refractivity contribution in [3.63, 3.8) is 0 Å². The van der Waals surface area contributed by atoms with Gasteiger partial charge in [-0.15, -0.1) is 0 Å². The highest BCUT2D eigenvalue weighted by atomic mass is 32.2. The van der Waals surface area contributed by atoms with Gasteiger partial charge >= 0.3 is 0 Å². The summed E-state index contributed by atoms with van der Waals surface area (Å²) in [6.45, 7) is 0.823. The van der Waals surface area contributed by atoms with E-state index < -0.39 is 0 Å². The first-order valence-corrected chi connectivity index (χ1v) is 12.5. The molecule has 0 atom stereocenters. The number of carbonyl (C=O) groups is 2. The van der Waals surface area contributed by atoms with E-state index in [-0.39, 0.29) is 11.1 Å². The van der Waals surface area contributed by atoms with Gasteiger partial charge in [-0.2, -0.15) is 0 Å². The number of thioether (sulfide) groups is 1. The first-order valence-electron chi connectivity index (χ1n) is 11.7. The number of carbonyl (C=O) groups excluding carboxylic acids is 2. The summed E-state index contributed by atoms with van der Waals surface area (Å²) in [5.41, 5.74) is 3.08. The topological polar surface area (TPSA) is 46.6 Å². The second-order valence-electron chi connectivity index (χ2n) is 8.39. The molecule has 2 amide bonds. The van der Waals surface area contributed by atoms with E-state index in [1.54, 1.807) is 6.08 Å². The van der Waals surface area contributed by atoms with Gasteiger partial charge in [0.05, 0.1) is 4.91 Å². The fourth-order valence-electron chi connectivity index (χ4n) is 4.23. The minimum atomic E-state index is -0.239. The zero-order valence-corrected chi connectivity index (χ0v) is 20.0. The summed E-state index contributed by atoms with van der Waals surface area (Å²) in [6, 6.07) is 32.1. The van der Waals surface area contributed by atoms with Crippen LogP contribution in [0.3, 0.4) is 0 Å². The second-order valence-corrected chi connectivity index (χ2v) is 9.38. The van der Waals surface area contributed by atoms with Gasteiger partial charge in [0.25, 0.3) is 11.1 Å². The molecule has 174 valence electrons. The standard InChI is InChI=1S/C30H25NO3S/c32-29-28(35-30(33)31(29)19-9-12-22-10-2-1-3-11-22)20-24-14-5-7-18-27(24)34-21-25-16-8-15-23-13-4-6-17-26(23)25/h1-8,10-11,13-18,20H,9,12,19,21H2/b28-20+. The van der Waals surface area contributed by atoms with Gasteiger partial charge in [0, 0.05) is 12.1 Å². The van der Waals surface area contributed by atoms with E-state index in [1.165, 1.54) is 15.8 Å². The van der Waals surface area contributed by atoms with Crippen molar-refractivity contribution in [3.8, 4) is 5.75 Å². The highest BCUT2D eigenvalue weighted by Gasteiger charge is 2.34. The van der Waals surface area contributed by atoms with E-state index in [9.17, 15) is 9.59 Å². The van der Waals surface area contributed by atoms with Crippen LogP contribution < -0.4 is 4.74 Å². The van der Waals surface area contributed by atoms with Crippen molar-refractivity contribution in [1.82, 2.24) is 4.90 Å². The third kappa shape index (κ3) is 5.31. The average molecular weight is 480 g/mol. The molecule has 0 saturated carbocycles. The van der Waals surface area contributed by atoms with Crippen LogP contribution in [-0.2, 0) is 17.8 Å².